The van der Waals surface area contributed by atoms with Crippen LogP contribution in [-0.4, -0.2) is 66.7 Å². The van der Waals surface area contributed by atoms with Crippen LogP contribution in [0.3, 0.4) is 0 Å². The number of amides is 3. The van der Waals surface area contributed by atoms with Crippen LogP contribution in [0.1, 0.15) is 71.3 Å². The predicted octanol–water partition coefficient (Wildman–Crippen LogP) is 4.96. The predicted molar refractivity (Wildman–Crippen MR) is 150 cm³/mol. The first-order chi connectivity index (χ1) is 18.3. The number of likely N-dealkylation sites (tertiary alicyclic amines) is 1. The van der Waals surface area contributed by atoms with Crippen molar-refractivity contribution >= 4 is 23.3 Å². The van der Waals surface area contributed by atoms with Gasteiger partial charge in [0.05, 0.1) is 5.71 Å². The van der Waals surface area contributed by atoms with Gasteiger partial charge in [0.15, 0.2) is 11.6 Å². The molecule has 3 aliphatic rings. The van der Waals surface area contributed by atoms with Crippen LogP contribution in [0.15, 0.2) is 28.8 Å². The monoisotopic (exact) mass is 543 g/mol. The topological polar surface area (TPSA) is 91.0 Å². The van der Waals surface area contributed by atoms with E-state index in [1.54, 1.807) is 0 Å². The van der Waals surface area contributed by atoms with Gasteiger partial charge >= 0.3 is 6.03 Å². The van der Waals surface area contributed by atoms with Crippen LogP contribution in [-0.2, 0) is 4.79 Å². The Balaban J connectivity index is 1.62. The average molecular weight is 544 g/mol. The van der Waals surface area contributed by atoms with E-state index in [9.17, 15) is 18.4 Å². The summed E-state index contributed by atoms with van der Waals surface area (Å²) in [6.07, 6.45) is 6.28. The smallest absolute Gasteiger partial charge is 0.341 e. The lowest BCUT2D eigenvalue weighted by Gasteiger charge is -2.33. The van der Waals surface area contributed by atoms with Gasteiger partial charge in [0.2, 0.25) is 5.91 Å². The summed E-state index contributed by atoms with van der Waals surface area (Å²) in [5.41, 5.74) is 8.02. The molecule has 4 atom stereocenters. The normalized spacial score (nSPS) is 26.9. The molecular weight excluding hydrogens is 500 g/mol. The van der Waals surface area contributed by atoms with Gasteiger partial charge in [0, 0.05) is 30.4 Å². The van der Waals surface area contributed by atoms with Crippen LogP contribution in [0.4, 0.5) is 13.6 Å². The van der Waals surface area contributed by atoms with E-state index in [-0.39, 0.29) is 5.91 Å². The first-order valence-electron chi connectivity index (χ1n) is 14.1. The summed E-state index contributed by atoms with van der Waals surface area (Å²) in [4.78, 5) is 35.4. The van der Waals surface area contributed by atoms with E-state index in [4.69, 9.17) is 5.73 Å². The van der Waals surface area contributed by atoms with Crippen molar-refractivity contribution in [3.63, 3.8) is 0 Å². The molecule has 0 radical (unpaired) electrons. The summed E-state index contributed by atoms with van der Waals surface area (Å²) in [6.45, 7) is 7.08. The third-order valence-electron chi connectivity index (χ3n) is 8.66. The molecule has 39 heavy (non-hydrogen) atoms. The molecule has 1 aliphatic heterocycles. The van der Waals surface area contributed by atoms with Gasteiger partial charge in [-0.1, -0.05) is 27.2 Å². The van der Waals surface area contributed by atoms with E-state index in [1.165, 1.54) is 6.07 Å². The third-order valence-corrected chi connectivity index (χ3v) is 8.66. The van der Waals surface area contributed by atoms with E-state index in [0.29, 0.717) is 66.4 Å². The number of nitrogens with one attached hydrogen (secondary N) is 1. The second-order valence-electron chi connectivity index (χ2n) is 12.8. The number of hydrogen-bond acceptors (Lipinski definition) is 4. The van der Waals surface area contributed by atoms with Crippen LogP contribution in [0.2, 0.25) is 0 Å². The van der Waals surface area contributed by atoms with Crippen molar-refractivity contribution in [1.82, 2.24) is 15.1 Å². The molecule has 2 aliphatic carbocycles. The molecule has 0 spiro atoms. The summed E-state index contributed by atoms with van der Waals surface area (Å²) in [5.74, 6) is -1.02. The number of urea groups is 1. The van der Waals surface area contributed by atoms with Crippen molar-refractivity contribution in [3.05, 3.63) is 41.0 Å². The molecule has 3 unspecified atom stereocenters. The Hall–Kier alpha value is -2.81. The van der Waals surface area contributed by atoms with Gasteiger partial charge in [-0.2, -0.15) is 4.99 Å². The number of hydrogen-bond donors (Lipinski definition) is 2. The number of nitrogens with zero attached hydrogens (tertiary/aromatic N) is 3. The van der Waals surface area contributed by atoms with Crippen molar-refractivity contribution in [2.45, 2.75) is 77.8 Å². The highest BCUT2D eigenvalue weighted by atomic mass is 19.2. The fourth-order valence-electron chi connectivity index (χ4n) is 6.22. The summed E-state index contributed by atoms with van der Waals surface area (Å²) < 4.78 is 27.7. The number of benzene rings is 1. The SMILES string of the molecule is CN(C)C1CCN(C(=O)[C@@H](NC(=O)N=C2CCC3CCC(CC2=C(N)c2ccc(F)c(F)c2)C3)C(C)(C)C)C1. The molecule has 2 bridgehead atoms. The molecule has 3 amide bonds. The number of allylic oxidation sites excluding steroid dienone is 1. The van der Waals surface area contributed by atoms with Crippen molar-refractivity contribution < 1.29 is 18.4 Å². The molecular formula is C30H43F2N5O2. The minimum atomic E-state index is -0.969. The maximum atomic E-state index is 14.0. The standard InChI is InChI=1S/C30H43F2N5O2/c1-30(2,3)27(28(38)37-13-12-21(17-37)36(4)5)35-29(39)34-25-11-8-18-6-7-19(14-18)15-22(25)26(33)20-9-10-23(31)24(32)16-20/h9-10,16,18-19,21,27H,6-8,11-15,17,33H2,1-5H3,(H,35,39)/t18?,19?,21?,27-/m1/s1. The van der Waals surface area contributed by atoms with E-state index in [0.717, 1.165) is 44.2 Å². The number of carbonyl (C=O) groups excluding carboxylic acids is 2. The van der Waals surface area contributed by atoms with E-state index < -0.39 is 29.1 Å². The Labute approximate surface area is 230 Å². The van der Waals surface area contributed by atoms with Gasteiger partial charge in [-0.15, -0.1) is 0 Å². The van der Waals surface area contributed by atoms with Gasteiger partial charge in [-0.05, 0) is 93.6 Å². The molecule has 3 fully saturated rings. The van der Waals surface area contributed by atoms with Crippen molar-refractivity contribution in [2.75, 3.05) is 27.2 Å². The second-order valence-corrected chi connectivity index (χ2v) is 12.8. The fourth-order valence-corrected chi connectivity index (χ4v) is 6.22. The zero-order valence-corrected chi connectivity index (χ0v) is 23.9. The highest BCUT2D eigenvalue weighted by Gasteiger charge is 2.39. The lowest BCUT2D eigenvalue weighted by atomic mass is 9.85. The van der Waals surface area contributed by atoms with Gasteiger partial charge in [0.1, 0.15) is 6.04 Å². The minimum Gasteiger partial charge on any atom is -0.398 e. The average Bonchev–Trinajstić information content (AvgIpc) is 3.54. The summed E-state index contributed by atoms with van der Waals surface area (Å²) in [7, 11) is 4.02. The highest BCUT2D eigenvalue weighted by Crippen LogP contribution is 2.41. The zero-order chi connectivity index (χ0) is 28.5. The van der Waals surface area contributed by atoms with Crippen LogP contribution in [0.25, 0.3) is 5.70 Å². The van der Waals surface area contributed by atoms with Gasteiger partial charge < -0.3 is 20.9 Å². The number of nitrogens with two attached hydrogens (primary N) is 1. The number of carbonyl (C=O) groups is 2. The summed E-state index contributed by atoms with van der Waals surface area (Å²) in [6, 6.07) is 2.59. The second kappa shape index (κ2) is 11.7. The van der Waals surface area contributed by atoms with Gasteiger partial charge in [-0.25, -0.2) is 13.6 Å². The fraction of sp³-hybridized carbons (Fsp3) is 0.633. The molecule has 214 valence electrons. The largest absolute Gasteiger partial charge is 0.398 e. The molecule has 0 aromatic heterocycles. The molecule has 7 nitrogen and oxygen atoms in total. The Bertz CT molecular complexity index is 1160. The molecule has 2 saturated carbocycles. The Kier molecular flexibility index (Phi) is 8.78. The summed E-state index contributed by atoms with van der Waals surface area (Å²) in [5, 5.41) is 2.91. The van der Waals surface area contributed by atoms with Crippen molar-refractivity contribution in [3.8, 4) is 0 Å². The first kappa shape index (κ1) is 29.2. The number of aliphatic imine (C=N–C) groups is 1. The molecule has 1 saturated heterocycles. The Morgan fingerprint density at radius 3 is 2.46 bits per heavy atom. The Morgan fingerprint density at radius 1 is 1.10 bits per heavy atom. The van der Waals surface area contributed by atoms with E-state index in [2.05, 4.69) is 15.2 Å². The minimum absolute atomic E-state index is 0.104. The quantitative estimate of drug-likeness (QED) is 0.562. The van der Waals surface area contributed by atoms with Crippen LogP contribution < -0.4 is 11.1 Å². The first-order valence-corrected chi connectivity index (χ1v) is 14.1. The molecule has 3 N–H and O–H groups in total. The van der Waals surface area contributed by atoms with Crippen LogP contribution in [0, 0.1) is 28.9 Å². The van der Waals surface area contributed by atoms with Crippen molar-refractivity contribution in [1.29, 1.82) is 0 Å². The highest BCUT2D eigenvalue weighted by molar-refractivity contribution is 6.10. The Morgan fingerprint density at radius 2 is 1.82 bits per heavy atom. The third kappa shape index (κ3) is 6.86. The molecule has 1 aromatic rings. The molecule has 1 aromatic carbocycles. The number of rotatable bonds is 4. The maximum absolute atomic E-state index is 14.0. The van der Waals surface area contributed by atoms with Gasteiger partial charge in [0.25, 0.3) is 0 Å². The van der Waals surface area contributed by atoms with Gasteiger partial charge in [-0.3, -0.25) is 4.79 Å². The van der Waals surface area contributed by atoms with Crippen LogP contribution in [0.5, 0.6) is 0 Å². The maximum Gasteiger partial charge on any atom is 0.341 e. The number of halogens is 2. The van der Waals surface area contributed by atoms with E-state index >= 15 is 0 Å². The van der Waals surface area contributed by atoms with Crippen LogP contribution >= 0.6 is 0 Å². The lowest BCUT2D eigenvalue weighted by Crippen LogP contribution is -2.54. The lowest BCUT2D eigenvalue weighted by molar-refractivity contribution is -0.134. The number of fused-ring (bicyclic) bond motifs is 2. The zero-order valence-electron chi connectivity index (χ0n) is 23.9. The summed E-state index contributed by atoms with van der Waals surface area (Å²) >= 11 is 0. The molecule has 4 rings (SSSR count). The van der Waals surface area contributed by atoms with E-state index in [1.807, 2.05) is 39.8 Å². The van der Waals surface area contributed by atoms with Crippen molar-refractivity contribution in [2.24, 2.45) is 28.0 Å². The molecule has 9 heteroatoms. The molecule has 1 heterocycles. The number of likely N-dealkylation sites (N-methyl/N-ethyl adjacent to an activating group) is 1.